The summed E-state index contributed by atoms with van der Waals surface area (Å²) >= 11 is 1.77. The smallest absolute Gasteiger partial charge is 0.220 e. The van der Waals surface area contributed by atoms with Gasteiger partial charge in [0.1, 0.15) is 11.9 Å². The second-order valence-corrected chi connectivity index (χ2v) is 9.05. The van der Waals surface area contributed by atoms with E-state index >= 15 is 0 Å². The molecule has 4 nitrogen and oxygen atoms in total. The molecule has 0 bridgehead atoms. The molecule has 0 aliphatic carbocycles. The molecule has 0 spiro atoms. The number of piperazine rings is 1. The summed E-state index contributed by atoms with van der Waals surface area (Å²) in [5.41, 5.74) is 1.08. The zero-order valence-corrected chi connectivity index (χ0v) is 17.8. The normalized spacial score (nSPS) is 17.5. The number of carbonyl (C=O) groups is 1. The first kappa shape index (κ1) is 20.8. The van der Waals surface area contributed by atoms with Crippen LogP contribution in [0.4, 0.5) is 10.1 Å². The molecule has 1 aliphatic rings. The molecule has 0 saturated carbocycles. The lowest BCUT2D eigenvalue weighted by Gasteiger charge is -2.39. The Morgan fingerprint density at radius 3 is 2.43 bits per heavy atom. The van der Waals surface area contributed by atoms with Gasteiger partial charge in [0, 0.05) is 12.1 Å². The minimum Gasteiger partial charge on any atom is -0.360 e. The van der Waals surface area contributed by atoms with Crippen LogP contribution in [-0.4, -0.2) is 38.1 Å². The van der Waals surface area contributed by atoms with Crippen LogP contribution in [0, 0.1) is 11.7 Å². The summed E-state index contributed by atoms with van der Waals surface area (Å²) < 4.78 is 13.2. The largest absolute Gasteiger partial charge is 0.360 e. The molecule has 2 atom stereocenters. The molecule has 3 rings (SSSR count). The first-order chi connectivity index (χ1) is 13.4. The predicted octanol–water partition coefficient (Wildman–Crippen LogP) is 2.88. The van der Waals surface area contributed by atoms with Crippen molar-refractivity contribution in [2.45, 2.75) is 39.3 Å². The Bertz CT molecular complexity index is 740. The van der Waals surface area contributed by atoms with Gasteiger partial charge in [0.05, 0.1) is 37.1 Å². The summed E-state index contributed by atoms with van der Waals surface area (Å²) in [7, 11) is 0. The van der Waals surface area contributed by atoms with Gasteiger partial charge in [-0.25, -0.2) is 4.39 Å². The van der Waals surface area contributed by atoms with Gasteiger partial charge >= 0.3 is 0 Å². The van der Waals surface area contributed by atoms with E-state index in [-0.39, 0.29) is 23.8 Å². The van der Waals surface area contributed by atoms with Gasteiger partial charge in [-0.2, -0.15) is 0 Å². The van der Waals surface area contributed by atoms with Crippen LogP contribution in [0.15, 0.2) is 41.8 Å². The van der Waals surface area contributed by atoms with Crippen molar-refractivity contribution in [3.63, 3.8) is 0 Å². The van der Waals surface area contributed by atoms with Crippen LogP contribution in [0.3, 0.4) is 0 Å². The van der Waals surface area contributed by atoms with Crippen molar-refractivity contribution < 1.29 is 14.1 Å². The third-order valence-electron chi connectivity index (χ3n) is 5.37. The van der Waals surface area contributed by atoms with Crippen molar-refractivity contribution in [2.75, 3.05) is 31.1 Å². The summed E-state index contributed by atoms with van der Waals surface area (Å²) in [6.07, 6.45) is 0.565. The van der Waals surface area contributed by atoms with E-state index in [9.17, 15) is 9.18 Å². The highest BCUT2D eigenvalue weighted by atomic mass is 32.1. The molecule has 1 saturated heterocycles. The van der Waals surface area contributed by atoms with Crippen molar-refractivity contribution >= 4 is 22.9 Å². The van der Waals surface area contributed by atoms with Crippen LogP contribution in [0.2, 0.25) is 0 Å². The molecule has 152 valence electrons. The van der Waals surface area contributed by atoms with E-state index in [1.807, 2.05) is 12.1 Å². The van der Waals surface area contributed by atoms with E-state index in [4.69, 9.17) is 0 Å². The SMILES string of the molecule is CC(C)CC(=O)N[C@H](C)[C@H](c1cccs1)[NH+]1CCN(c2ccc(F)cc2)CC1. The Hall–Kier alpha value is -1.92. The number of nitrogens with one attached hydrogen (secondary N) is 2. The van der Waals surface area contributed by atoms with Gasteiger partial charge in [-0.1, -0.05) is 19.9 Å². The standard InChI is InChI=1S/C22H30FN3OS/c1-16(2)15-21(27)24-17(3)22(20-5-4-14-28-20)26-12-10-25(11-13-26)19-8-6-18(23)7-9-19/h4-9,14,16-17,22H,10-13,15H2,1-3H3,(H,24,27)/p+1/t17-,22-/m1/s1. The van der Waals surface area contributed by atoms with Crippen molar-refractivity contribution in [2.24, 2.45) is 5.92 Å². The number of benzene rings is 1. The molecular weight excluding hydrogens is 373 g/mol. The summed E-state index contributed by atoms with van der Waals surface area (Å²) in [4.78, 5) is 17.5. The monoisotopic (exact) mass is 404 g/mol. The molecule has 6 heteroatoms. The van der Waals surface area contributed by atoms with Gasteiger partial charge in [0.2, 0.25) is 5.91 Å². The molecule has 1 aliphatic heterocycles. The number of hydrogen-bond donors (Lipinski definition) is 2. The quantitative estimate of drug-likeness (QED) is 0.745. The molecule has 1 fully saturated rings. The molecule has 0 radical (unpaired) electrons. The highest BCUT2D eigenvalue weighted by Crippen LogP contribution is 2.21. The second kappa shape index (κ2) is 9.52. The van der Waals surface area contributed by atoms with Crippen LogP contribution in [0.25, 0.3) is 0 Å². The number of anilines is 1. The molecule has 2 N–H and O–H groups in total. The lowest BCUT2D eigenvalue weighted by Crippen LogP contribution is -3.16. The molecule has 1 aromatic heterocycles. The third kappa shape index (κ3) is 5.32. The van der Waals surface area contributed by atoms with Crippen LogP contribution < -0.4 is 15.1 Å². The van der Waals surface area contributed by atoms with Crippen LogP contribution in [0.5, 0.6) is 0 Å². The Morgan fingerprint density at radius 2 is 1.86 bits per heavy atom. The Balaban J connectivity index is 1.66. The van der Waals surface area contributed by atoms with Crippen molar-refractivity contribution in [3.8, 4) is 0 Å². The van der Waals surface area contributed by atoms with Gasteiger partial charge in [-0.05, 0) is 48.6 Å². The Morgan fingerprint density at radius 1 is 1.18 bits per heavy atom. The molecule has 2 aromatic rings. The lowest BCUT2D eigenvalue weighted by atomic mass is 10.0. The summed E-state index contributed by atoms with van der Waals surface area (Å²) in [6, 6.07) is 11.4. The van der Waals surface area contributed by atoms with E-state index in [0.717, 1.165) is 31.9 Å². The van der Waals surface area contributed by atoms with Gasteiger partial charge in [-0.15, -0.1) is 11.3 Å². The number of hydrogen-bond acceptors (Lipinski definition) is 3. The van der Waals surface area contributed by atoms with E-state index in [1.54, 1.807) is 11.3 Å². The summed E-state index contributed by atoms with van der Waals surface area (Å²) in [6.45, 7) is 10.1. The minimum absolute atomic E-state index is 0.0808. The fourth-order valence-electron chi connectivity index (χ4n) is 4.05. The van der Waals surface area contributed by atoms with Gasteiger partial charge in [0.25, 0.3) is 0 Å². The van der Waals surface area contributed by atoms with Gasteiger partial charge in [0.15, 0.2) is 0 Å². The number of rotatable bonds is 7. The second-order valence-electron chi connectivity index (χ2n) is 8.07. The maximum Gasteiger partial charge on any atom is 0.220 e. The topological polar surface area (TPSA) is 36.8 Å². The minimum atomic E-state index is -0.197. The predicted molar refractivity (Wildman–Crippen MR) is 113 cm³/mol. The van der Waals surface area contributed by atoms with E-state index in [2.05, 4.69) is 48.5 Å². The molecule has 2 heterocycles. The molecule has 1 aromatic carbocycles. The zero-order valence-electron chi connectivity index (χ0n) is 17.0. The van der Waals surface area contributed by atoms with Crippen LogP contribution in [-0.2, 0) is 4.79 Å². The number of amides is 1. The number of halogens is 1. The summed E-state index contributed by atoms with van der Waals surface area (Å²) in [5, 5.41) is 5.35. The number of nitrogens with zero attached hydrogens (tertiary/aromatic N) is 1. The lowest BCUT2D eigenvalue weighted by molar-refractivity contribution is -0.933. The highest BCUT2D eigenvalue weighted by molar-refractivity contribution is 7.10. The first-order valence-corrected chi connectivity index (χ1v) is 11.0. The van der Waals surface area contributed by atoms with E-state index in [1.165, 1.54) is 21.9 Å². The fraction of sp³-hybridized carbons (Fsp3) is 0.500. The Labute approximate surface area is 171 Å². The van der Waals surface area contributed by atoms with Crippen LogP contribution in [0.1, 0.15) is 38.1 Å². The zero-order chi connectivity index (χ0) is 20.1. The maximum absolute atomic E-state index is 13.2. The van der Waals surface area contributed by atoms with Crippen molar-refractivity contribution in [3.05, 3.63) is 52.5 Å². The van der Waals surface area contributed by atoms with Crippen molar-refractivity contribution in [1.29, 1.82) is 0 Å². The number of carbonyl (C=O) groups excluding carboxylic acids is 1. The molecule has 28 heavy (non-hydrogen) atoms. The highest BCUT2D eigenvalue weighted by Gasteiger charge is 2.34. The average molecular weight is 405 g/mol. The molecule has 0 unspecified atom stereocenters. The number of thiophene rings is 1. The van der Waals surface area contributed by atoms with Crippen LogP contribution >= 0.6 is 11.3 Å². The summed E-state index contributed by atoms with van der Waals surface area (Å²) in [5.74, 6) is 0.295. The fourth-order valence-corrected chi connectivity index (χ4v) is 5.04. The van der Waals surface area contributed by atoms with E-state index < -0.39 is 0 Å². The van der Waals surface area contributed by atoms with Gasteiger partial charge in [-0.3, -0.25) is 4.79 Å². The maximum atomic E-state index is 13.2. The number of quaternary nitrogens is 1. The van der Waals surface area contributed by atoms with E-state index in [0.29, 0.717) is 12.3 Å². The Kier molecular flexibility index (Phi) is 7.08. The first-order valence-electron chi connectivity index (χ1n) is 10.1. The third-order valence-corrected chi connectivity index (χ3v) is 6.32. The van der Waals surface area contributed by atoms with Gasteiger partial charge < -0.3 is 15.1 Å². The molecule has 1 amide bonds. The molecular formula is C22H31FN3OS+. The average Bonchev–Trinajstić information content (AvgIpc) is 3.16. The van der Waals surface area contributed by atoms with Crippen molar-refractivity contribution in [1.82, 2.24) is 5.32 Å².